The van der Waals surface area contributed by atoms with Gasteiger partial charge in [0.15, 0.2) is 0 Å². The van der Waals surface area contributed by atoms with Crippen molar-refractivity contribution in [3.8, 4) is 5.75 Å². The summed E-state index contributed by atoms with van der Waals surface area (Å²) in [5, 5.41) is 14.0. The van der Waals surface area contributed by atoms with Gasteiger partial charge >= 0.3 is 0 Å². The molecule has 0 N–H and O–H groups in total. The van der Waals surface area contributed by atoms with Crippen LogP contribution in [0.15, 0.2) is 110 Å². The van der Waals surface area contributed by atoms with Gasteiger partial charge in [-0.3, -0.25) is 19.3 Å². The van der Waals surface area contributed by atoms with Crippen molar-refractivity contribution < 1.29 is 4.74 Å². The van der Waals surface area contributed by atoms with Crippen LogP contribution in [0.1, 0.15) is 36.4 Å². The molecule has 0 atom stereocenters. The molecule has 0 saturated carbocycles. The van der Waals surface area contributed by atoms with Crippen LogP contribution in [-0.4, -0.2) is 29.5 Å². The molecule has 0 aliphatic rings. The van der Waals surface area contributed by atoms with E-state index in [1.807, 2.05) is 77.2 Å². The van der Waals surface area contributed by atoms with Crippen LogP contribution in [0, 0.1) is 13.8 Å². The quantitative estimate of drug-likeness (QED) is 0.113. The van der Waals surface area contributed by atoms with Gasteiger partial charge in [-0.05, 0) is 88.4 Å². The number of halogens is 4. The van der Waals surface area contributed by atoms with Crippen LogP contribution >= 0.6 is 81.7 Å². The van der Waals surface area contributed by atoms with Crippen molar-refractivity contribution in [1.29, 1.82) is 0 Å². The number of nitrogens with zero attached hydrogens (tertiary/aromatic N) is 6. The zero-order chi connectivity index (χ0) is 35.6. The molecule has 0 fully saturated rings. The van der Waals surface area contributed by atoms with E-state index in [2.05, 4.69) is 40.9 Å². The topological polar surface area (TPSA) is 70.7 Å². The summed E-state index contributed by atoms with van der Waals surface area (Å²) in [6.45, 7) is 10.2. The lowest BCUT2D eigenvalue weighted by Gasteiger charge is -2.10. The van der Waals surface area contributed by atoms with Crippen LogP contribution in [0.4, 0.5) is 0 Å². The van der Waals surface area contributed by atoms with Gasteiger partial charge < -0.3 is 4.74 Å². The first-order valence-electron chi connectivity index (χ1n) is 15.6. The highest BCUT2D eigenvalue weighted by Gasteiger charge is 2.18. The Morgan fingerprint density at radius 1 is 0.600 bits per heavy atom. The Bertz CT molecular complexity index is 1840. The van der Waals surface area contributed by atoms with Crippen molar-refractivity contribution in [2.24, 2.45) is 0 Å². The van der Waals surface area contributed by atoms with Gasteiger partial charge in [-0.1, -0.05) is 69.9 Å². The third kappa shape index (κ3) is 10.6. The predicted molar refractivity (Wildman–Crippen MR) is 209 cm³/mol. The van der Waals surface area contributed by atoms with E-state index in [0.717, 1.165) is 61.4 Å². The van der Waals surface area contributed by atoms with Crippen molar-refractivity contribution >= 4 is 81.7 Å². The number of thioether (sulfide) groups is 1. The summed E-state index contributed by atoms with van der Waals surface area (Å²) in [5.74, 6) is 1.63. The molecule has 2 aromatic carbocycles. The monoisotopic (exact) mass is 802 g/mol. The first-order valence-corrected chi connectivity index (χ1v) is 19.7. The summed E-state index contributed by atoms with van der Waals surface area (Å²) in [5.41, 5.74) is 4.30. The normalized spacial score (nSPS) is 11.0. The van der Waals surface area contributed by atoms with E-state index >= 15 is 0 Å². The number of hydrogen-bond acceptors (Lipinski definition) is 8. The first-order chi connectivity index (χ1) is 24.1. The highest BCUT2D eigenvalue weighted by atomic mass is 35.5. The summed E-state index contributed by atoms with van der Waals surface area (Å²) in [7, 11) is 0. The number of rotatable bonds is 12. The van der Waals surface area contributed by atoms with E-state index in [1.54, 1.807) is 59.8 Å². The lowest BCUT2D eigenvalue weighted by Crippen LogP contribution is -2.01. The Morgan fingerprint density at radius 2 is 1.04 bits per heavy atom. The molecule has 7 nitrogen and oxygen atoms in total. The Kier molecular flexibility index (Phi) is 14.3. The van der Waals surface area contributed by atoms with Crippen LogP contribution < -0.4 is 4.74 Å². The maximum Gasteiger partial charge on any atom is 0.122 e. The van der Waals surface area contributed by atoms with Crippen molar-refractivity contribution in [3.05, 3.63) is 128 Å². The number of aromatic nitrogens is 6. The zero-order valence-electron chi connectivity index (χ0n) is 27.7. The van der Waals surface area contributed by atoms with E-state index in [1.165, 1.54) is 10.5 Å². The SMILES string of the molecule is CCn1nc(C)c(COc2ccncc2)c1Sc1cc(Cl)cc(Cl)c1.CCn1nc(C)c(CSc2ccncc2)c1Sc1cc(Cl)cc(Cl)c1. The molecule has 14 heteroatoms. The van der Waals surface area contributed by atoms with Crippen molar-refractivity contribution in [2.75, 3.05) is 0 Å². The molecule has 0 spiro atoms. The van der Waals surface area contributed by atoms with Crippen LogP contribution in [0.2, 0.25) is 20.1 Å². The predicted octanol–water partition coefficient (Wildman–Crippen LogP) is 12.0. The van der Waals surface area contributed by atoms with Crippen LogP contribution in [0.3, 0.4) is 0 Å². The van der Waals surface area contributed by atoms with Crippen molar-refractivity contribution in [3.63, 3.8) is 0 Å². The second kappa shape index (κ2) is 18.6. The first kappa shape index (κ1) is 38.4. The van der Waals surface area contributed by atoms with Gasteiger partial charge in [0.05, 0.1) is 11.4 Å². The summed E-state index contributed by atoms with van der Waals surface area (Å²) in [6, 6.07) is 18.8. The molecule has 4 aromatic heterocycles. The highest BCUT2D eigenvalue weighted by molar-refractivity contribution is 8.00. The fraction of sp³-hybridized carbons (Fsp3) is 0.222. The summed E-state index contributed by atoms with van der Waals surface area (Å²) >= 11 is 29.6. The molecule has 6 aromatic rings. The second-order valence-electron chi connectivity index (χ2n) is 10.7. The Hall–Kier alpha value is -2.83. The summed E-state index contributed by atoms with van der Waals surface area (Å²) in [6.07, 6.45) is 7.05. The van der Waals surface area contributed by atoms with Crippen molar-refractivity contribution in [2.45, 2.75) is 77.9 Å². The number of hydrogen-bond donors (Lipinski definition) is 0. The van der Waals surface area contributed by atoms with Gasteiger partial charge in [0.25, 0.3) is 0 Å². The third-order valence-electron chi connectivity index (χ3n) is 7.17. The van der Waals surface area contributed by atoms with E-state index < -0.39 is 0 Å². The molecule has 0 aliphatic carbocycles. The number of aryl methyl sites for hydroxylation is 4. The molecule has 0 unspecified atom stereocenters. The molecular weight excluding hydrogens is 770 g/mol. The van der Waals surface area contributed by atoms with Crippen LogP contribution in [0.5, 0.6) is 5.75 Å². The lowest BCUT2D eigenvalue weighted by molar-refractivity contribution is 0.301. The Balaban J connectivity index is 0.000000194. The molecule has 6 rings (SSSR count). The third-order valence-corrected chi connectivity index (χ3v) is 11.3. The molecular formula is C36H34Cl4N6OS3. The maximum absolute atomic E-state index is 6.15. The Labute approximate surface area is 325 Å². The van der Waals surface area contributed by atoms with Crippen LogP contribution in [0.25, 0.3) is 0 Å². The number of pyridine rings is 2. The minimum Gasteiger partial charge on any atom is -0.489 e. The van der Waals surface area contributed by atoms with E-state index in [-0.39, 0.29) is 0 Å². The second-order valence-corrected chi connectivity index (χ2v) is 15.6. The van der Waals surface area contributed by atoms with Gasteiger partial charge in [-0.2, -0.15) is 10.2 Å². The highest BCUT2D eigenvalue weighted by Crippen LogP contribution is 2.38. The standard InChI is InChI=1S/C18H17Cl2N3OS.C18H17Cl2N3S2/c2*1-3-23-18(25-16-9-13(19)8-14(20)10-16)17(12(2)22-23)11-24-15-4-6-21-7-5-15/h2*4-10H,3,11H2,1-2H3. The molecule has 0 radical (unpaired) electrons. The molecule has 4 heterocycles. The molecule has 260 valence electrons. The van der Waals surface area contributed by atoms with Crippen molar-refractivity contribution in [1.82, 2.24) is 29.5 Å². The van der Waals surface area contributed by atoms with E-state index in [9.17, 15) is 0 Å². The Morgan fingerprint density at radius 3 is 1.52 bits per heavy atom. The number of benzene rings is 2. The smallest absolute Gasteiger partial charge is 0.122 e. The van der Waals surface area contributed by atoms with E-state index in [0.29, 0.717) is 26.7 Å². The fourth-order valence-corrected chi connectivity index (χ4v) is 9.55. The summed E-state index contributed by atoms with van der Waals surface area (Å²) < 4.78 is 9.91. The largest absolute Gasteiger partial charge is 0.489 e. The van der Waals surface area contributed by atoms with Gasteiger partial charge in [-0.15, -0.1) is 11.8 Å². The fourth-order valence-electron chi connectivity index (χ4n) is 4.76. The van der Waals surface area contributed by atoms with Gasteiger partial charge in [-0.25, -0.2) is 0 Å². The molecule has 0 bridgehead atoms. The van der Waals surface area contributed by atoms with Gasteiger partial charge in [0, 0.05) is 89.5 Å². The summed E-state index contributed by atoms with van der Waals surface area (Å²) in [4.78, 5) is 11.2. The average molecular weight is 805 g/mol. The molecule has 0 amide bonds. The number of ether oxygens (including phenoxy) is 1. The molecule has 50 heavy (non-hydrogen) atoms. The molecule has 0 saturated heterocycles. The molecule has 0 aliphatic heterocycles. The minimum atomic E-state index is 0.437. The average Bonchev–Trinajstić information content (AvgIpc) is 3.56. The van der Waals surface area contributed by atoms with Gasteiger partial charge in [0.2, 0.25) is 0 Å². The van der Waals surface area contributed by atoms with E-state index in [4.69, 9.17) is 51.1 Å². The zero-order valence-corrected chi connectivity index (χ0v) is 33.2. The van der Waals surface area contributed by atoms with Gasteiger partial charge in [0.1, 0.15) is 22.4 Å². The maximum atomic E-state index is 6.15. The van der Waals surface area contributed by atoms with Crippen LogP contribution in [-0.2, 0) is 25.4 Å². The lowest BCUT2D eigenvalue weighted by atomic mass is 10.3. The minimum absolute atomic E-state index is 0.437.